The van der Waals surface area contributed by atoms with E-state index in [1.165, 1.54) is 4.68 Å². The van der Waals surface area contributed by atoms with Crippen LogP contribution in [0, 0.1) is 0 Å². The summed E-state index contributed by atoms with van der Waals surface area (Å²) >= 11 is 0. The van der Waals surface area contributed by atoms with Crippen LogP contribution in [0.1, 0.15) is 17.5 Å². The van der Waals surface area contributed by atoms with E-state index in [2.05, 4.69) is 22.1 Å². The molecule has 1 heterocycles. The molecule has 5 nitrogen and oxygen atoms in total. The summed E-state index contributed by atoms with van der Waals surface area (Å²) < 4.78 is 1.52. The van der Waals surface area contributed by atoms with Crippen LogP contribution in [0.4, 0.5) is 0 Å². The third kappa shape index (κ3) is 1.99. The maximum Gasteiger partial charge on any atom is 0.184 e. The van der Waals surface area contributed by atoms with Gasteiger partial charge in [-0.15, -0.1) is 11.7 Å². The van der Waals surface area contributed by atoms with E-state index in [1.54, 1.807) is 6.08 Å². The highest BCUT2D eigenvalue weighted by atomic mass is 16.3. The third-order valence-electron chi connectivity index (χ3n) is 2.22. The molecule has 0 spiro atoms. The smallest absolute Gasteiger partial charge is 0.184 e. The number of tetrazole rings is 1. The summed E-state index contributed by atoms with van der Waals surface area (Å²) in [5.41, 5.74) is 0.766. The number of nitrogens with zero attached hydrogens (tertiary/aromatic N) is 4. The quantitative estimate of drug-likeness (QED) is 0.772. The second kappa shape index (κ2) is 4.67. The van der Waals surface area contributed by atoms with Gasteiger partial charge >= 0.3 is 0 Å². The molecule has 1 aromatic carbocycles. The summed E-state index contributed by atoms with van der Waals surface area (Å²) in [6, 6.07) is 9.28. The predicted molar refractivity (Wildman–Crippen MR) is 58.5 cm³/mol. The molecule has 5 heteroatoms. The average molecular weight is 216 g/mol. The van der Waals surface area contributed by atoms with Crippen molar-refractivity contribution in [3.63, 3.8) is 0 Å². The van der Waals surface area contributed by atoms with Gasteiger partial charge in [0.05, 0.1) is 6.54 Å². The van der Waals surface area contributed by atoms with Crippen LogP contribution in [0.25, 0.3) is 0 Å². The Bertz CT molecular complexity index is 466. The van der Waals surface area contributed by atoms with E-state index in [1.807, 2.05) is 30.3 Å². The van der Waals surface area contributed by atoms with Gasteiger partial charge in [-0.2, -0.15) is 0 Å². The Morgan fingerprint density at radius 2 is 2.12 bits per heavy atom. The van der Waals surface area contributed by atoms with Crippen molar-refractivity contribution in [3.05, 3.63) is 54.4 Å². The zero-order chi connectivity index (χ0) is 11.4. The lowest BCUT2D eigenvalue weighted by Gasteiger charge is -2.09. The van der Waals surface area contributed by atoms with E-state index >= 15 is 0 Å². The van der Waals surface area contributed by atoms with Crippen molar-refractivity contribution in [2.75, 3.05) is 0 Å². The molecule has 16 heavy (non-hydrogen) atoms. The highest BCUT2D eigenvalue weighted by Crippen LogP contribution is 2.18. The maximum atomic E-state index is 10.1. The van der Waals surface area contributed by atoms with Crippen molar-refractivity contribution < 1.29 is 5.11 Å². The molecule has 0 bridgehead atoms. The lowest BCUT2D eigenvalue weighted by molar-refractivity contribution is 0.203. The topological polar surface area (TPSA) is 63.8 Å². The molecule has 1 aromatic heterocycles. The molecule has 0 aliphatic carbocycles. The van der Waals surface area contributed by atoms with E-state index in [0.29, 0.717) is 12.4 Å². The summed E-state index contributed by atoms with van der Waals surface area (Å²) in [7, 11) is 0. The van der Waals surface area contributed by atoms with Crippen molar-refractivity contribution in [1.82, 2.24) is 20.2 Å². The molecule has 0 amide bonds. The monoisotopic (exact) mass is 216 g/mol. The molecule has 0 aliphatic heterocycles. The summed E-state index contributed by atoms with van der Waals surface area (Å²) in [6.45, 7) is 4.09. The van der Waals surface area contributed by atoms with Crippen LogP contribution >= 0.6 is 0 Å². The van der Waals surface area contributed by atoms with E-state index < -0.39 is 6.10 Å². The van der Waals surface area contributed by atoms with Crippen LogP contribution in [0.5, 0.6) is 0 Å². The molecule has 2 rings (SSSR count). The number of benzene rings is 1. The minimum Gasteiger partial charge on any atom is -0.380 e. The number of allylic oxidation sites excluding steroid dienone is 1. The number of aromatic nitrogens is 4. The predicted octanol–water partition coefficient (Wildman–Crippen LogP) is 0.941. The van der Waals surface area contributed by atoms with E-state index in [4.69, 9.17) is 0 Å². The SMILES string of the molecule is C=CCn1nnnc1[C@H](O)c1ccccc1. The lowest BCUT2D eigenvalue weighted by atomic mass is 10.1. The Labute approximate surface area is 93.0 Å². The lowest BCUT2D eigenvalue weighted by Crippen LogP contribution is -2.10. The largest absolute Gasteiger partial charge is 0.380 e. The van der Waals surface area contributed by atoms with Crippen molar-refractivity contribution in [2.45, 2.75) is 12.6 Å². The molecule has 1 N–H and O–H groups in total. The van der Waals surface area contributed by atoms with Gasteiger partial charge in [-0.1, -0.05) is 36.4 Å². The molecule has 82 valence electrons. The fraction of sp³-hybridized carbons (Fsp3) is 0.182. The molecule has 0 saturated carbocycles. The maximum absolute atomic E-state index is 10.1. The van der Waals surface area contributed by atoms with Crippen LogP contribution in [0.15, 0.2) is 43.0 Å². The minimum absolute atomic E-state index is 0.422. The first-order valence-corrected chi connectivity index (χ1v) is 4.93. The standard InChI is InChI=1S/C11H12N4O/c1-2-8-15-11(12-13-14-15)10(16)9-6-4-3-5-7-9/h2-7,10,16H,1,8H2/t10-/m1/s1. The van der Waals surface area contributed by atoms with Crippen LogP contribution < -0.4 is 0 Å². The van der Waals surface area contributed by atoms with Crippen molar-refractivity contribution in [2.24, 2.45) is 0 Å². The molecular weight excluding hydrogens is 204 g/mol. The second-order valence-corrected chi connectivity index (χ2v) is 3.32. The Hall–Kier alpha value is -2.01. The molecule has 1 atom stereocenters. The molecular formula is C11H12N4O. The van der Waals surface area contributed by atoms with E-state index in [0.717, 1.165) is 5.56 Å². The van der Waals surface area contributed by atoms with Gasteiger partial charge in [0.25, 0.3) is 0 Å². The average Bonchev–Trinajstić information content (AvgIpc) is 2.78. The first-order valence-electron chi connectivity index (χ1n) is 4.93. The van der Waals surface area contributed by atoms with Gasteiger partial charge in [0.1, 0.15) is 6.10 Å². The summed E-state index contributed by atoms with van der Waals surface area (Å²) in [5.74, 6) is 0.422. The van der Waals surface area contributed by atoms with Crippen molar-refractivity contribution >= 4 is 0 Å². The highest BCUT2D eigenvalue weighted by Gasteiger charge is 2.17. The fourth-order valence-corrected chi connectivity index (χ4v) is 1.44. The summed E-state index contributed by atoms with van der Waals surface area (Å²) in [6.07, 6.45) is 0.869. The first kappa shape index (κ1) is 10.5. The van der Waals surface area contributed by atoms with Crippen LogP contribution in [-0.4, -0.2) is 25.3 Å². The van der Waals surface area contributed by atoms with Gasteiger partial charge in [0, 0.05) is 0 Å². The Morgan fingerprint density at radius 1 is 1.38 bits per heavy atom. The Kier molecular flexibility index (Phi) is 3.07. The summed E-state index contributed by atoms with van der Waals surface area (Å²) in [4.78, 5) is 0. The molecule has 0 radical (unpaired) electrons. The fourth-order valence-electron chi connectivity index (χ4n) is 1.44. The zero-order valence-electron chi connectivity index (χ0n) is 8.69. The number of hydrogen-bond acceptors (Lipinski definition) is 4. The van der Waals surface area contributed by atoms with Gasteiger partial charge in [0.15, 0.2) is 5.82 Å². The van der Waals surface area contributed by atoms with Gasteiger partial charge in [-0.3, -0.25) is 0 Å². The Morgan fingerprint density at radius 3 is 2.81 bits per heavy atom. The number of aliphatic hydroxyl groups excluding tert-OH is 1. The first-order chi connectivity index (χ1) is 7.83. The van der Waals surface area contributed by atoms with Crippen LogP contribution in [-0.2, 0) is 6.54 Å². The molecule has 2 aromatic rings. The minimum atomic E-state index is -0.809. The molecule has 0 fully saturated rings. The zero-order valence-corrected chi connectivity index (χ0v) is 8.69. The van der Waals surface area contributed by atoms with Gasteiger partial charge in [-0.25, -0.2) is 4.68 Å². The molecule has 0 unspecified atom stereocenters. The van der Waals surface area contributed by atoms with Crippen LogP contribution in [0.3, 0.4) is 0 Å². The van der Waals surface area contributed by atoms with E-state index in [-0.39, 0.29) is 0 Å². The number of hydrogen-bond donors (Lipinski definition) is 1. The second-order valence-electron chi connectivity index (χ2n) is 3.32. The number of aliphatic hydroxyl groups is 1. The van der Waals surface area contributed by atoms with Gasteiger partial charge in [0.2, 0.25) is 0 Å². The van der Waals surface area contributed by atoms with Gasteiger partial charge < -0.3 is 5.11 Å². The van der Waals surface area contributed by atoms with Gasteiger partial charge in [-0.05, 0) is 16.0 Å². The highest BCUT2D eigenvalue weighted by molar-refractivity contribution is 5.22. The van der Waals surface area contributed by atoms with Crippen molar-refractivity contribution in [3.8, 4) is 0 Å². The molecule has 0 saturated heterocycles. The number of rotatable bonds is 4. The van der Waals surface area contributed by atoms with Crippen LogP contribution in [0.2, 0.25) is 0 Å². The molecule has 0 aliphatic rings. The summed E-state index contributed by atoms with van der Waals surface area (Å²) in [5, 5.41) is 21.2. The third-order valence-corrected chi connectivity index (χ3v) is 2.22. The normalized spacial score (nSPS) is 12.3. The Balaban J connectivity index is 2.30. The van der Waals surface area contributed by atoms with Crippen molar-refractivity contribution in [1.29, 1.82) is 0 Å². The van der Waals surface area contributed by atoms with E-state index in [9.17, 15) is 5.11 Å².